The Morgan fingerprint density at radius 3 is 2.54 bits per heavy atom. The molecule has 3 rings (SSSR count). The Balaban J connectivity index is 2.20. The fourth-order valence-electron chi connectivity index (χ4n) is 2.74. The number of aromatic nitrogens is 2. The highest BCUT2D eigenvalue weighted by molar-refractivity contribution is 7.20. The molecule has 1 fully saturated rings. The summed E-state index contributed by atoms with van der Waals surface area (Å²) in [6.07, 6.45) is 0.344. The number of rotatable bonds is 5. The molecule has 0 amide bonds. The average Bonchev–Trinajstić information content (AvgIpc) is 3.27. The summed E-state index contributed by atoms with van der Waals surface area (Å²) in [5.74, 6) is 0. The Bertz CT molecular complexity index is 978. The second-order valence-corrected chi connectivity index (χ2v) is 8.61. The van der Waals surface area contributed by atoms with Crippen molar-refractivity contribution >= 4 is 27.8 Å². The Morgan fingerprint density at radius 2 is 2.00 bits per heavy atom. The quantitative estimate of drug-likeness (QED) is 0.637. The van der Waals surface area contributed by atoms with Crippen LogP contribution < -0.4 is 16.7 Å². The monoisotopic (exact) mass is 384 g/mol. The number of hydrazone groups is 1. The first-order valence-corrected chi connectivity index (χ1v) is 9.28. The maximum Gasteiger partial charge on any atom is 0.332 e. The molecule has 0 aliphatic heterocycles. The van der Waals surface area contributed by atoms with E-state index < -0.39 is 24.2 Å². The van der Waals surface area contributed by atoms with Crippen molar-refractivity contribution in [3.8, 4) is 0 Å². The van der Waals surface area contributed by atoms with E-state index in [4.69, 9.17) is 0 Å². The summed E-state index contributed by atoms with van der Waals surface area (Å²) in [6.45, 7) is 6.90. The highest BCUT2D eigenvalue weighted by atomic mass is 32.1. The van der Waals surface area contributed by atoms with Crippen molar-refractivity contribution < 1.29 is 8.78 Å². The van der Waals surface area contributed by atoms with Crippen LogP contribution in [0.5, 0.6) is 0 Å². The van der Waals surface area contributed by atoms with Crippen molar-refractivity contribution in [2.24, 2.45) is 5.10 Å². The Kier molecular flexibility index (Phi) is 4.76. The van der Waals surface area contributed by atoms with Gasteiger partial charge < -0.3 is 5.43 Å². The number of hydrogen-bond acceptors (Lipinski definition) is 5. The number of nitrogens with zero attached hydrogens (tertiary/aromatic N) is 3. The van der Waals surface area contributed by atoms with Gasteiger partial charge in [-0.15, -0.1) is 11.3 Å². The van der Waals surface area contributed by atoms with Crippen LogP contribution in [-0.2, 0) is 6.54 Å². The number of fused-ring (bicyclic) bond motifs is 1. The lowest BCUT2D eigenvalue weighted by atomic mass is 10.1. The Labute approximate surface area is 153 Å². The van der Waals surface area contributed by atoms with Crippen LogP contribution in [0.4, 0.5) is 8.78 Å². The molecule has 26 heavy (non-hydrogen) atoms. The number of thiophene rings is 1. The lowest BCUT2D eigenvalue weighted by molar-refractivity contribution is 0.126. The molecule has 1 saturated carbocycles. The van der Waals surface area contributed by atoms with Gasteiger partial charge in [0.15, 0.2) is 0 Å². The molecule has 1 N–H and O–H groups in total. The van der Waals surface area contributed by atoms with Gasteiger partial charge in [-0.2, -0.15) is 5.10 Å². The topological polar surface area (TPSA) is 68.4 Å². The van der Waals surface area contributed by atoms with E-state index in [1.54, 1.807) is 13.1 Å². The normalized spacial score (nSPS) is 15.5. The van der Waals surface area contributed by atoms with Crippen molar-refractivity contribution in [2.45, 2.75) is 65.1 Å². The highest BCUT2D eigenvalue weighted by Gasteiger charge is 2.30. The zero-order chi connectivity index (χ0) is 19.2. The molecule has 0 atom stereocenters. The Hall–Kier alpha value is -2.03. The van der Waals surface area contributed by atoms with Crippen LogP contribution in [-0.4, -0.2) is 27.3 Å². The predicted octanol–water partition coefficient (Wildman–Crippen LogP) is 2.86. The molecule has 0 unspecified atom stereocenters. The molecule has 1 aliphatic rings. The number of halogens is 2. The second-order valence-electron chi connectivity index (χ2n) is 7.58. The van der Waals surface area contributed by atoms with Crippen molar-refractivity contribution in [3.05, 3.63) is 31.3 Å². The van der Waals surface area contributed by atoms with E-state index in [2.05, 4.69) is 10.5 Å². The summed E-state index contributed by atoms with van der Waals surface area (Å²) in [4.78, 5) is 26.4. The van der Waals surface area contributed by atoms with Gasteiger partial charge in [0.2, 0.25) is 0 Å². The summed E-state index contributed by atoms with van der Waals surface area (Å²) in [5, 5.41) is 4.51. The molecule has 2 aromatic rings. The number of aryl methyl sites for hydroxylation is 1. The van der Waals surface area contributed by atoms with Gasteiger partial charge in [-0.05, 0) is 46.1 Å². The number of alkyl halides is 2. The van der Waals surface area contributed by atoms with E-state index >= 15 is 0 Å². The summed E-state index contributed by atoms with van der Waals surface area (Å²) < 4.78 is 28.3. The molecule has 0 spiro atoms. The van der Waals surface area contributed by atoms with Crippen LogP contribution in [0.1, 0.15) is 50.1 Å². The third-order valence-electron chi connectivity index (χ3n) is 4.09. The van der Waals surface area contributed by atoms with Crippen LogP contribution in [0.3, 0.4) is 0 Å². The third-order valence-corrected chi connectivity index (χ3v) is 5.34. The summed E-state index contributed by atoms with van der Waals surface area (Å²) in [7, 11) is 0. The van der Waals surface area contributed by atoms with E-state index in [0.29, 0.717) is 15.8 Å². The van der Waals surface area contributed by atoms with Gasteiger partial charge in [-0.3, -0.25) is 13.9 Å². The van der Waals surface area contributed by atoms with E-state index in [1.165, 1.54) is 0 Å². The van der Waals surface area contributed by atoms with Gasteiger partial charge >= 0.3 is 5.69 Å². The SMILES string of the molecule is Cc1c(C=NNC(C)(C)C)sc2c1c(=O)n(C1CC1)c(=O)n2CC(F)F. The van der Waals surface area contributed by atoms with Crippen molar-refractivity contribution in [1.82, 2.24) is 14.6 Å². The molecule has 0 bridgehead atoms. The fraction of sp³-hybridized carbons (Fsp3) is 0.588. The predicted molar refractivity (Wildman–Crippen MR) is 99.8 cm³/mol. The smallest absolute Gasteiger partial charge is 0.305 e. The molecular weight excluding hydrogens is 362 g/mol. The first-order chi connectivity index (χ1) is 12.1. The van der Waals surface area contributed by atoms with Crippen LogP contribution >= 0.6 is 11.3 Å². The van der Waals surface area contributed by atoms with E-state index in [1.807, 2.05) is 20.8 Å². The van der Waals surface area contributed by atoms with Crippen molar-refractivity contribution in [3.63, 3.8) is 0 Å². The average molecular weight is 384 g/mol. The molecule has 0 radical (unpaired) electrons. The summed E-state index contributed by atoms with van der Waals surface area (Å²) in [6, 6.07) is -0.178. The minimum absolute atomic E-state index is 0.178. The highest BCUT2D eigenvalue weighted by Crippen LogP contribution is 2.34. The van der Waals surface area contributed by atoms with Crippen LogP contribution in [0.25, 0.3) is 10.2 Å². The molecule has 0 aromatic carbocycles. The molecule has 1 aliphatic carbocycles. The number of nitrogens with one attached hydrogen (secondary N) is 1. The van der Waals surface area contributed by atoms with Crippen molar-refractivity contribution in [1.29, 1.82) is 0 Å². The number of hydrogen-bond donors (Lipinski definition) is 1. The molecule has 6 nitrogen and oxygen atoms in total. The van der Waals surface area contributed by atoms with Gasteiger partial charge in [0.05, 0.1) is 23.0 Å². The first kappa shape index (κ1) is 18.8. The van der Waals surface area contributed by atoms with Gasteiger partial charge in [0.25, 0.3) is 12.0 Å². The van der Waals surface area contributed by atoms with Gasteiger partial charge in [-0.1, -0.05) is 0 Å². The minimum atomic E-state index is -2.68. The lowest BCUT2D eigenvalue weighted by Crippen LogP contribution is -2.40. The van der Waals surface area contributed by atoms with Gasteiger partial charge in [-0.25, -0.2) is 13.6 Å². The zero-order valence-electron chi connectivity index (χ0n) is 15.2. The van der Waals surface area contributed by atoms with E-state index in [-0.39, 0.29) is 16.4 Å². The molecule has 2 aromatic heterocycles. The molecular formula is C17H22F2N4O2S. The lowest BCUT2D eigenvalue weighted by Gasteiger charge is -2.16. The van der Waals surface area contributed by atoms with Crippen LogP contribution in [0, 0.1) is 6.92 Å². The maximum atomic E-state index is 13.0. The van der Waals surface area contributed by atoms with E-state index in [0.717, 1.165) is 33.3 Å². The standard InChI is InChI=1S/C17H22F2N4O2S/c1-9-11(7-20-21-17(2,3)4)26-15-13(9)14(24)23(10-5-6-10)16(25)22(15)8-12(18)19/h7,10,12,21H,5-6,8H2,1-4H3. The molecule has 9 heteroatoms. The molecule has 2 heterocycles. The summed E-state index contributed by atoms with van der Waals surface area (Å²) in [5.41, 5.74) is 2.35. The third kappa shape index (κ3) is 3.58. The second kappa shape index (κ2) is 6.61. The zero-order valence-corrected chi connectivity index (χ0v) is 16.0. The molecule has 0 saturated heterocycles. The Morgan fingerprint density at radius 1 is 1.35 bits per heavy atom. The first-order valence-electron chi connectivity index (χ1n) is 8.47. The fourth-order valence-corrected chi connectivity index (χ4v) is 3.92. The van der Waals surface area contributed by atoms with Gasteiger partial charge in [0, 0.05) is 11.6 Å². The minimum Gasteiger partial charge on any atom is -0.305 e. The van der Waals surface area contributed by atoms with E-state index in [9.17, 15) is 18.4 Å². The maximum absolute atomic E-state index is 13.0. The van der Waals surface area contributed by atoms with Gasteiger partial charge in [0.1, 0.15) is 4.83 Å². The van der Waals surface area contributed by atoms with Crippen LogP contribution in [0.15, 0.2) is 14.7 Å². The largest absolute Gasteiger partial charge is 0.332 e. The van der Waals surface area contributed by atoms with Crippen LogP contribution in [0.2, 0.25) is 0 Å². The summed E-state index contributed by atoms with van der Waals surface area (Å²) >= 11 is 1.14. The van der Waals surface area contributed by atoms with Crippen molar-refractivity contribution in [2.75, 3.05) is 0 Å². The molecule has 142 valence electrons.